The highest BCUT2D eigenvalue weighted by molar-refractivity contribution is 5.06. The van der Waals surface area contributed by atoms with Gasteiger partial charge in [0.2, 0.25) is 0 Å². The van der Waals surface area contributed by atoms with E-state index in [1.807, 2.05) is 0 Å². The number of nitrogens with zero attached hydrogens (tertiary/aromatic N) is 1. The molecule has 0 aromatic carbocycles. The standard InChI is InChI=1S/C7H8F2N/c1-10-4-2-3-6(5-10)7(8)9/h2-5,7H,1H3/q+1. The van der Waals surface area contributed by atoms with E-state index < -0.39 is 6.43 Å². The van der Waals surface area contributed by atoms with Crippen LogP contribution in [0.25, 0.3) is 0 Å². The smallest absolute Gasteiger partial charge is 0.207 e. The molecule has 0 spiro atoms. The van der Waals surface area contributed by atoms with Crippen LogP contribution >= 0.6 is 0 Å². The predicted octanol–water partition coefficient (Wildman–Crippen LogP) is 1.45. The maximum Gasteiger partial charge on any atom is 0.269 e. The first-order chi connectivity index (χ1) is 4.70. The van der Waals surface area contributed by atoms with Gasteiger partial charge in [0.05, 0.1) is 5.56 Å². The summed E-state index contributed by atoms with van der Waals surface area (Å²) in [6.45, 7) is 0. The van der Waals surface area contributed by atoms with E-state index in [4.69, 9.17) is 0 Å². The van der Waals surface area contributed by atoms with Gasteiger partial charge >= 0.3 is 0 Å². The van der Waals surface area contributed by atoms with Gasteiger partial charge < -0.3 is 0 Å². The lowest BCUT2D eigenvalue weighted by Gasteiger charge is -1.94. The lowest BCUT2D eigenvalue weighted by molar-refractivity contribution is -0.672. The monoisotopic (exact) mass is 144 g/mol. The lowest BCUT2D eigenvalue weighted by atomic mass is 10.3. The maximum atomic E-state index is 11.9. The van der Waals surface area contributed by atoms with Gasteiger partial charge in [-0.25, -0.2) is 13.3 Å². The van der Waals surface area contributed by atoms with Crippen molar-refractivity contribution in [3.05, 3.63) is 30.1 Å². The Kier molecular flexibility index (Phi) is 1.94. The van der Waals surface area contributed by atoms with E-state index in [0.717, 1.165) is 0 Å². The zero-order chi connectivity index (χ0) is 7.56. The number of rotatable bonds is 1. The van der Waals surface area contributed by atoms with Gasteiger partial charge in [-0.2, -0.15) is 0 Å². The summed E-state index contributed by atoms with van der Waals surface area (Å²) in [5, 5.41) is 0. The molecular weight excluding hydrogens is 136 g/mol. The van der Waals surface area contributed by atoms with Crippen LogP contribution in [0.2, 0.25) is 0 Å². The van der Waals surface area contributed by atoms with Gasteiger partial charge in [0, 0.05) is 6.07 Å². The molecule has 1 aromatic heterocycles. The third-order valence-electron chi connectivity index (χ3n) is 1.21. The summed E-state index contributed by atoms with van der Waals surface area (Å²) in [4.78, 5) is 0. The van der Waals surface area contributed by atoms with Gasteiger partial charge in [-0.1, -0.05) is 0 Å². The lowest BCUT2D eigenvalue weighted by Crippen LogP contribution is -2.26. The van der Waals surface area contributed by atoms with E-state index in [1.54, 1.807) is 23.9 Å². The molecule has 0 saturated heterocycles. The zero-order valence-electron chi connectivity index (χ0n) is 5.59. The summed E-state index contributed by atoms with van der Waals surface area (Å²) >= 11 is 0. The fourth-order valence-electron chi connectivity index (χ4n) is 0.740. The molecule has 0 aliphatic carbocycles. The molecule has 1 nitrogen and oxygen atoms in total. The molecule has 3 heteroatoms. The van der Waals surface area contributed by atoms with E-state index >= 15 is 0 Å². The number of hydrogen-bond donors (Lipinski definition) is 0. The van der Waals surface area contributed by atoms with E-state index in [2.05, 4.69) is 0 Å². The Bertz CT molecular complexity index is 223. The molecule has 0 radical (unpaired) electrons. The van der Waals surface area contributed by atoms with Crippen molar-refractivity contribution < 1.29 is 13.3 Å². The fourth-order valence-corrected chi connectivity index (χ4v) is 0.740. The highest BCUT2D eigenvalue weighted by Gasteiger charge is 2.08. The van der Waals surface area contributed by atoms with Gasteiger partial charge in [0.15, 0.2) is 12.4 Å². The minimum atomic E-state index is -2.37. The maximum absolute atomic E-state index is 11.9. The first kappa shape index (κ1) is 7.12. The van der Waals surface area contributed by atoms with Crippen LogP contribution in [0.4, 0.5) is 8.78 Å². The minimum Gasteiger partial charge on any atom is -0.207 e. The second kappa shape index (κ2) is 2.73. The molecule has 0 fully saturated rings. The third-order valence-corrected chi connectivity index (χ3v) is 1.21. The Morgan fingerprint density at radius 2 is 2.20 bits per heavy atom. The van der Waals surface area contributed by atoms with Crippen LogP contribution in [0.3, 0.4) is 0 Å². The molecule has 0 saturated carbocycles. The predicted molar refractivity (Wildman–Crippen MR) is 32.6 cm³/mol. The fraction of sp³-hybridized carbons (Fsp3) is 0.286. The van der Waals surface area contributed by atoms with Crippen molar-refractivity contribution in [3.8, 4) is 0 Å². The first-order valence-electron chi connectivity index (χ1n) is 2.93. The van der Waals surface area contributed by atoms with Crippen LogP contribution in [0.5, 0.6) is 0 Å². The number of alkyl halides is 2. The van der Waals surface area contributed by atoms with Crippen LogP contribution in [0.15, 0.2) is 24.5 Å². The topological polar surface area (TPSA) is 3.88 Å². The second-order valence-corrected chi connectivity index (χ2v) is 2.10. The summed E-state index contributed by atoms with van der Waals surface area (Å²) in [5.41, 5.74) is 0.0602. The van der Waals surface area contributed by atoms with Crippen LogP contribution in [0, 0.1) is 0 Å². The Morgan fingerprint density at radius 3 is 2.60 bits per heavy atom. The third kappa shape index (κ3) is 1.50. The summed E-state index contributed by atoms with van der Waals surface area (Å²) in [6, 6.07) is 3.01. The van der Waals surface area contributed by atoms with Crippen molar-refractivity contribution in [2.45, 2.75) is 6.43 Å². The first-order valence-corrected chi connectivity index (χ1v) is 2.93. The van der Waals surface area contributed by atoms with Gasteiger partial charge in [-0.15, -0.1) is 0 Å². The molecule has 0 aliphatic rings. The molecule has 0 N–H and O–H groups in total. The molecular formula is C7H8F2N+. The van der Waals surface area contributed by atoms with E-state index in [9.17, 15) is 8.78 Å². The molecule has 1 aromatic rings. The molecule has 0 bridgehead atoms. The van der Waals surface area contributed by atoms with E-state index in [-0.39, 0.29) is 5.56 Å². The Hall–Kier alpha value is -0.990. The number of halogens is 2. The van der Waals surface area contributed by atoms with Crippen molar-refractivity contribution in [1.29, 1.82) is 0 Å². The molecule has 0 amide bonds. The molecule has 1 heterocycles. The highest BCUT2D eigenvalue weighted by atomic mass is 19.3. The summed E-state index contributed by atoms with van der Waals surface area (Å²) in [6.07, 6.45) is 0.753. The number of aryl methyl sites for hydroxylation is 1. The second-order valence-electron chi connectivity index (χ2n) is 2.10. The number of pyridine rings is 1. The Balaban J connectivity index is 2.96. The van der Waals surface area contributed by atoms with Crippen molar-refractivity contribution >= 4 is 0 Å². The van der Waals surface area contributed by atoms with Crippen LogP contribution in [0.1, 0.15) is 12.0 Å². The van der Waals surface area contributed by atoms with Gasteiger partial charge in [0.25, 0.3) is 6.43 Å². The molecule has 0 unspecified atom stereocenters. The normalized spacial score (nSPS) is 10.4. The van der Waals surface area contributed by atoms with Crippen molar-refractivity contribution in [3.63, 3.8) is 0 Å². The molecule has 54 valence electrons. The van der Waals surface area contributed by atoms with Crippen LogP contribution in [-0.2, 0) is 7.05 Å². The molecule has 0 atom stereocenters. The van der Waals surface area contributed by atoms with Crippen LogP contribution in [-0.4, -0.2) is 0 Å². The average Bonchev–Trinajstić information content (AvgIpc) is 1.88. The van der Waals surface area contributed by atoms with Crippen LogP contribution < -0.4 is 4.57 Å². The largest absolute Gasteiger partial charge is 0.269 e. The van der Waals surface area contributed by atoms with Crippen molar-refractivity contribution in [1.82, 2.24) is 0 Å². The highest BCUT2D eigenvalue weighted by Crippen LogP contribution is 2.15. The van der Waals surface area contributed by atoms with E-state index in [0.29, 0.717) is 0 Å². The average molecular weight is 144 g/mol. The Morgan fingerprint density at radius 1 is 1.50 bits per heavy atom. The quantitative estimate of drug-likeness (QED) is 0.525. The van der Waals surface area contributed by atoms with E-state index in [1.165, 1.54) is 12.3 Å². The van der Waals surface area contributed by atoms with Gasteiger partial charge in [-0.05, 0) is 6.07 Å². The van der Waals surface area contributed by atoms with Gasteiger partial charge in [0.1, 0.15) is 7.05 Å². The minimum absolute atomic E-state index is 0.0602. The summed E-state index contributed by atoms with van der Waals surface area (Å²) in [5.74, 6) is 0. The SMILES string of the molecule is C[n+]1cccc(C(F)F)c1. The summed E-state index contributed by atoms with van der Waals surface area (Å²) < 4.78 is 25.5. The van der Waals surface area contributed by atoms with Crippen molar-refractivity contribution in [2.75, 3.05) is 0 Å². The van der Waals surface area contributed by atoms with Gasteiger partial charge in [-0.3, -0.25) is 0 Å². The molecule has 1 rings (SSSR count). The molecule has 0 aliphatic heterocycles. The van der Waals surface area contributed by atoms with Crippen molar-refractivity contribution in [2.24, 2.45) is 7.05 Å². The number of hydrogen-bond acceptors (Lipinski definition) is 0. The number of aromatic nitrogens is 1. The zero-order valence-corrected chi connectivity index (χ0v) is 5.59. The Labute approximate surface area is 57.9 Å². The summed E-state index contributed by atoms with van der Waals surface area (Å²) in [7, 11) is 1.71. The molecule has 10 heavy (non-hydrogen) atoms.